The molecule has 0 saturated heterocycles. The van der Waals surface area contributed by atoms with Crippen molar-refractivity contribution in [2.24, 2.45) is 5.90 Å². The minimum absolute atomic E-state index is 0.401. The van der Waals surface area contributed by atoms with Crippen LogP contribution in [0.15, 0.2) is 24.4 Å². The van der Waals surface area contributed by atoms with Crippen molar-refractivity contribution < 1.29 is 9.57 Å². The molecule has 1 aromatic heterocycles. The van der Waals surface area contributed by atoms with Crippen LogP contribution in [0.2, 0.25) is 0 Å². The molecule has 0 aliphatic carbocycles. The highest BCUT2D eigenvalue weighted by Crippen LogP contribution is 2.27. The molecule has 14 heavy (non-hydrogen) atoms. The molecule has 3 N–H and O–H groups in total. The molecule has 0 spiro atoms. The standard InChI is InChI=1S/C10H12N2O2/c1-13-9-3-2-7(6-14-11)8-4-5-12-10(8)9/h2-5,12H,6,11H2,1H3. The van der Waals surface area contributed by atoms with Crippen LogP contribution in [0.4, 0.5) is 0 Å². The van der Waals surface area contributed by atoms with Gasteiger partial charge in [-0.2, -0.15) is 0 Å². The number of nitrogens with one attached hydrogen (secondary N) is 1. The summed E-state index contributed by atoms with van der Waals surface area (Å²) in [5.41, 5.74) is 2.02. The summed E-state index contributed by atoms with van der Waals surface area (Å²) < 4.78 is 5.22. The van der Waals surface area contributed by atoms with Crippen molar-refractivity contribution in [3.05, 3.63) is 30.0 Å². The molecular formula is C10H12N2O2. The minimum atomic E-state index is 0.401. The first-order valence-corrected chi connectivity index (χ1v) is 4.31. The van der Waals surface area contributed by atoms with E-state index < -0.39 is 0 Å². The van der Waals surface area contributed by atoms with Gasteiger partial charge in [-0.05, 0) is 17.7 Å². The molecule has 0 unspecified atom stereocenters. The van der Waals surface area contributed by atoms with Crippen LogP contribution >= 0.6 is 0 Å². The van der Waals surface area contributed by atoms with Gasteiger partial charge in [-0.3, -0.25) is 4.84 Å². The van der Waals surface area contributed by atoms with Crippen molar-refractivity contribution >= 4 is 10.9 Å². The number of rotatable bonds is 3. The topological polar surface area (TPSA) is 60.3 Å². The summed E-state index contributed by atoms with van der Waals surface area (Å²) in [6, 6.07) is 5.82. The molecule has 74 valence electrons. The summed E-state index contributed by atoms with van der Waals surface area (Å²) in [7, 11) is 1.65. The number of fused-ring (bicyclic) bond motifs is 1. The molecule has 0 aliphatic rings. The highest BCUT2D eigenvalue weighted by molar-refractivity contribution is 5.88. The minimum Gasteiger partial charge on any atom is -0.495 e. The van der Waals surface area contributed by atoms with Gasteiger partial charge in [0.2, 0.25) is 0 Å². The van der Waals surface area contributed by atoms with Gasteiger partial charge in [-0.25, -0.2) is 5.90 Å². The lowest BCUT2D eigenvalue weighted by Crippen LogP contribution is -1.99. The molecule has 0 bridgehead atoms. The first-order valence-electron chi connectivity index (χ1n) is 4.31. The lowest BCUT2D eigenvalue weighted by atomic mass is 10.1. The number of aromatic nitrogens is 1. The molecule has 1 aromatic carbocycles. The Morgan fingerprint density at radius 2 is 2.21 bits per heavy atom. The van der Waals surface area contributed by atoms with Gasteiger partial charge in [0.05, 0.1) is 19.2 Å². The summed E-state index contributed by atoms with van der Waals surface area (Å²) in [6.07, 6.45) is 1.87. The fraction of sp³-hybridized carbons (Fsp3) is 0.200. The second kappa shape index (κ2) is 3.69. The van der Waals surface area contributed by atoms with Crippen LogP contribution in [0.1, 0.15) is 5.56 Å². The number of aromatic amines is 1. The van der Waals surface area contributed by atoms with Crippen molar-refractivity contribution in [3.8, 4) is 5.75 Å². The number of methoxy groups -OCH3 is 1. The maximum absolute atomic E-state index is 5.22. The fourth-order valence-corrected chi connectivity index (χ4v) is 1.58. The van der Waals surface area contributed by atoms with Crippen LogP contribution in [0.3, 0.4) is 0 Å². The van der Waals surface area contributed by atoms with E-state index in [1.807, 2.05) is 24.4 Å². The monoisotopic (exact) mass is 192 g/mol. The van der Waals surface area contributed by atoms with Gasteiger partial charge in [-0.15, -0.1) is 0 Å². The Labute approximate surface area is 81.6 Å². The zero-order valence-corrected chi connectivity index (χ0v) is 7.91. The van der Waals surface area contributed by atoms with E-state index in [1.165, 1.54) is 0 Å². The zero-order chi connectivity index (χ0) is 9.97. The van der Waals surface area contributed by atoms with Crippen LogP contribution in [0.25, 0.3) is 10.9 Å². The van der Waals surface area contributed by atoms with E-state index >= 15 is 0 Å². The van der Waals surface area contributed by atoms with Crippen LogP contribution < -0.4 is 10.6 Å². The molecule has 0 aliphatic heterocycles. The van der Waals surface area contributed by atoms with E-state index in [-0.39, 0.29) is 0 Å². The summed E-state index contributed by atoms with van der Waals surface area (Å²) in [5.74, 6) is 5.87. The number of nitrogens with two attached hydrogens (primary N) is 1. The predicted octanol–water partition coefficient (Wildman–Crippen LogP) is 1.57. The maximum Gasteiger partial charge on any atom is 0.142 e. The van der Waals surface area contributed by atoms with E-state index in [2.05, 4.69) is 9.82 Å². The first kappa shape index (κ1) is 9.05. The average molecular weight is 192 g/mol. The summed E-state index contributed by atoms with van der Waals surface area (Å²) in [5, 5.41) is 1.08. The maximum atomic E-state index is 5.22. The number of hydrogen-bond donors (Lipinski definition) is 2. The third kappa shape index (κ3) is 1.34. The van der Waals surface area contributed by atoms with E-state index in [0.29, 0.717) is 6.61 Å². The number of H-pyrrole nitrogens is 1. The molecule has 0 saturated carbocycles. The summed E-state index contributed by atoms with van der Waals surface area (Å²) in [4.78, 5) is 7.74. The molecule has 4 nitrogen and oxygen atoms in total. The van der Waals surface area contributed by atoms with E-state index in [4.69, 9.17) is 10.6 Å². The van der Waals surface area contributed by atoms with Gasteiger partial charge in [0.15, 0.2) is 0 Å². The third-order valence-corrected chi connectivity index (χ3v) is 2.23. The second-order valence-corrected chi connectivity index (χ2v) is 3.00. The molecular weight excluding hydrogens is 180 g/mol. The van der Waals surface area contributed by atoms with Crippen LogP contribution in [0.5, 0.6) is 5.75 Å². The second-order valence-electron chi connectivity index (χ2n) is 3.00. The molecule has 2 aromatic rings. The van der Waals surface area contributed by atoms with Gasteiger partial charge in [0.25, 0.3) is 0 Å². The SMILES string of the molecule is COc1ccc(CON)c2cc[nH]c12. The van der Waals surface area contributed by atoms with Gasteiger partial charge in [0, 0.05) is 11.6 Å². The van der Waals surface area contributed by atoms with Gasteiger partial charge < -0.3 is 9.72 Å². The van der Waals surface area contributed by atoms with Crippen LogP contribution in [-0.4, -0.2) is 12.1 Å². The van der Waals surface area contributed by atoms with Crippen molar-refractivity contribution in [1.82, 2.24) is 4.98 Å². The predicted molar refractivity (Wildman–Crippen MR) is 53.8 cm³/mol. The van der Waals surface area contributed by atoms with Gasteiger partial charge in [0.1, 0.15) is 5.75 Å². The van der Waals surface area contributed by atoms with Gasteiger partial charge >= 0.3 is 0 Å². The smallest absolute Gasteiger partial charge is 0.142 e. The molecule has 0 atom stereocenters. The molecule has 2 rings (SSSR count). The molecule has 4 heteroatoms. The Morgan fingerprint density at radius 1 is 1.36 bits per heavy atom. The van der Waals surface area contributed by atoms with E-state index in [0.717, 1.165) is 22.2 Å². The summed E-state index contributed by atoms with van der Waals surface area (Å²) in [6.45, 7) is 0.401. The Bertz CT molecular complexity index is 437. The van der Waals surface area contributed by atoms with Crippen molar-refractivity contribution in [3.63, 3.8) is 0 Å². The lowest BCUT2D eigenvalue weighted by molar-refractivity contribution is 0.125. The largest absolute Gasteiger partial charge is 0.495 e. The molecule has 0 fully saturated rings. The number of hydrogen-bond acceptors (Lipinski definition) is 3. The summed E-state index contributed by atoms with van der Waals surface area (Å²) >= 11 is 0. The normalized spacial score (nSPS) is 10.7. The quantitative estimate of drug-likeness (QED) is 0.725. The Hall–Kier alpha value is -1.52. The van der Waals surface area contributed by atoms with E-state index in [1.54, 1.807) is 7.11 Å². The Balaban J connectivity index is 2.59. The molecule has 1 heterocycles. The van der Waals surface area contributed by atoms with Crippen molar-refractivity contribution in [2.75, 3.05) is 7.11 Å². The zero-order valence-electron chi connectivity index (χ0n) is 7.91. The molecule has 0 radical (unpaired) electrons. The van der Waals surface area contributed by atoms with Crippen LogP contribution in [-0.2, 0) is 11.4 Å². The Morgan fingerprint density at radius 3 is 2.93 bits per heavy atom. The van der Waals surface area contributed by atoms with Gasteiger partial charge in [-0.1, -0.05) is 6.07 Å². The number of ether oxygens (including phenoxy) is 1. The van der Waals surface area contributed by atoms with Crippen LogP contribution in [0, 0.1) is 0 Å². The lowest BCUT2D eigenvalue weighted by Gasteiger charge is -2.05. The fourth-order valence-electron chi connectivity index (χ4n) is 1.58. The first-order chi connectivity index (χ1) is 6.86. The van der Waals surface area contributed by atoms with Crippen molar-refractivity contribution in [1.29, 1.82) is 0 Å². The van der Waals surface area contributed by atoms with Crippen molar-refractivity contribution in [2.45, 2.75) is 6.61 Å². The highest BCUT2D eigenvalue weighted by Gasteiger charge is 2.06. The average Bonchev–Trinajstić information content (AvgIpc) is 2.67. The number of benzene rings is 1. The van der Waals surface area contributed by atoms with E-state index in [9.17, 15) is 0 Å². The Kier molecular flexibility index (Phi) is 2.39. The highest BCUT2D eigenvalue weighted by atomic mass is 16.6. The molecule has 0 amide bonds. The third-order valence-electron chi connectivity index (χ3n) is 2.23.